The van der Waals surface area contributed by atoms with Crippen molar-refractivity contribution in [1.29, 1.82) is 0 Å². The Labute approximate surface area is 203 Å². The predicted octanol–water partition coefficient (Wildman–Crippen LogP) is 4.06. The van der Waals surface area contributed by atoms with Crippen molar-refractivity contribution >= 4 is 28.2 Å². The molecule has 2 aliphatic rings. The van der Waals surface area contributed by atoms with Crippen molar-refractivity contribution < 1.29 is 0 Å². The second-order valence-corrected chi connectivity index (χ2v) is 9.48. The minimum Gasteiger partial charge on any atom is -0.364 e. The summed E-state index contributed by atoms with van der Waals surface area (Å²) in [4.78, 5) is 16.5. The first-order chi connectivity index (χ1) is 17.2. The number of nitrogens with zero attached hydrogens (tertiary/aromatic N) is 6. The maximum atomic E-state index is 5.07. The van der Waals surface area contributed by atoms with Crippen LogP contribution in [0.2, 0.25) is 0 Å². The SMILES string of the molecule is C[C@H](Nc1cc(-c2cc3ncnn3c(N3C[C@@H]4C[C@H]3CN4)n2)ccn1)c1cccc2ccccc12. The number of benzene rings is 2. The number of aromatic nitrogens is 5. The average Bonchev–Trinajstić information content (AvgIpc) is 3.65. The van der Waals surface area contributed by atoms with E-state index in [0.29, 0.717) is 12.1 Å². The normalized spacial score (nSPS) is 20.1. The molecule has 0 amide bonds. The van der Waals surface area contributed by atoms with E-state index in [-0.39, 0.29) is 6.04 Å². The maximum absolute atomic E-state index is 5.07. The second kappa shape index (κ2) is 8.02. The molecule has 2 bridgehead atoms. The highest BCUT2D eigenvalue weighted by Crippen LogP contribution is 2.31. The van der Waals surface area contributed by atoms with Crippen molar-refractivity contribution in [1.82, 2.24) is 29.9 Å². The molecule has 2 aliphatic heterocycles. The summed E-state index contributed by atoms with van der Waals surface area (Å²) in [6.45, 7) is 4.11. The van der Waals surface area contributed by atoms with E-state index in [2.05, 4.69) is 86.1 Å². The van der Waals surface area contributed by atoms with E-state index in [1.165, 1.54) is 16.3 Å². The van der Waals surface area contributed by atoms with Crippen LogP contribution in [-0.2, 0) is 0 Å². The number of anilines is 2. The molecular formula is C27H26N8. The molecule has 7 rings (SSSR count). The molecule has 0 aliphatic carbocycles. The number of rotatable bonds is 5. The largest absolute Gasteiger partial charge is 0.364 e. The number of hydrogen-bond acceptors (Lipinski definition) is 7. The van der Waals surface area contributed by atoms with E-state index in [9.17, 15) is 0 Å². The smallest absolute Gasteiger partial charge is 0.229 e. The zero-order chi connectivity index (χ0) is 23.4. The van der Waals surface area contributed by atoms with Crippen LogP contribution in [0.25, 0.3) is 27.7 Å². The van der Waals surface area contributed by atoms with Gasteiger partial charge in [0.1, 0.15) is 12.1 Å². The number of fused-ring (bicyclic) bond motifs is 4. The molecule has 2 saturated heterocycles. The van der Waals surface area contributed by atoms with Crippen molar-refractivity contribution in [2.24, 2.45) is 0 Å². The van der Waals surface area contributed by atoms with Crippen LogP contribution < -0.4 is 15.5 Å². The summed E-state index contributed by atoms with van der Waals surface area (Å²) in [5, 5.41) is 14.1. The van der Waals surface area contributed by atoms with Gasteiger partial charge in [-0.05, 0) is 41.8 Å². The zero-order valence-corrected chi connectivity index (χ0v) is 19.5. The summed E-state index contributed by atoms with van der Waals surface area (Å²) in [5.74, 6) is 1.68. The summed E-state index contributed by atoms with van der Waals surface area (Å²) < 4.78 is 1.85. The molecule has 5 aromatic rings. The summed E-state index contributed by atoms with van der Waals surface area (Å²) in [7, 11) is 0. The van der Waals surface area contributed by atoms with Crippen molar-refractivity contribution in [3.63, 3.8) is 0 Å². The number of hydrogen-bond donors (Lipinski definition) is 2. The van der Waals surface area contributed by atoms with Gasteiger partial charge in [0.2, 0.25) is 5.95 Å². The lowest BCUT2D eigenvalue weighted by molar-refractivity contribution is 0.567. The molecule has 0 radical (unpaired) electrons. The van der Waals surface area contributed by atoms with Crippen LogP contribution in [-0.4, -0.2) is 49.7 Å². The van der Waals surface area contributed by atoms with Crippen LogP contribution in [0.15, 0.2) is 73.2 Å². The van der Waals surface area contributed by atoms with E-state index < -0.39 is 0 Å². The van der Waals surface area contributed by atoms with Crippen LogP contribution >= 0.6 is 0 Å². The number of pyridine rings is 1. The predicted molar refractivity (Wildman–Crippen MR) is 138 cm³/mol. The van der Waals surface area contributed by atoms with E-state index in [1.54, 1.807) is 6.33 Å². The molecule has 2 N–H and O–H groups in total. The third-order valence-electron chi connectivity index (χ3n) is 7.27. The molecule has 35 heavy (non-hydrogen) atoms. The van der Waals surface area contributed by atoms with E-state index in [4.69, 9.17) is 4.98 Å². The van der Waals surface area contributed by atoms with Crippen molar-refractivity contribution in [3.05, 3.63) is 78.8 Å². The Morgan fingerprint density at radius 3 is 2.86 bits per heavy atom. The summed E-state index contributed by atoms with van der Waals surface area (Å²) in [6.07, 6.45) is 4.59. The minimum atomic E-state index is 0.0963. The Morgan fingerprint density at radius 1 is 1.06 bits per heavy atom. The van der Waals surface area contributed by atoms with Gasteiger partial charge in [0.15, 0.2) is 5.65 Å². The van der Waals surface area contributed by atoms with Gasteiger partial charge in [0.05, 0.1) is 11.7 Å². The summed E-state index contributed by atoms with van der Waals surface area (Å²) in [5.41, 5.74) is 3.93. The van der Waals surface area contributed by atoms with Gasteiger partial charge in [-0.15, -0.1) is 0 Å². The van der Waals surface area contributed by atoms with E-state index in [1.807, 2.05) is 22.8 Å². The van der Waals surface area contributed by atoms with Gasteiger partial charge >= 0.3 is 0 Å². The molecule has 2 fully saturated rings. The van der Waals surface area contributed by atoms with Gasteiger partial charge in [-0.3, -0.25) is 0 Å². The third-order valence-corrected chi connectivity index (χ3v) is 7.27. The first kappa shape index (κ1) is 20.3. The molecule has 0 unspecified atom stereocenters. The van der Waals surface area contributed by atoms with Crippen LogP contribution in [0.3, 0.4) is 0 Å². The molecule has 174 valence electrons. The topological polar surface area (TPSA) is 83.3 Å². The van der Waals surface area contributed by atoms with Gasteiger partial charge in [-0.25, -0.2) is 15.0 Å². The standard InChI is InChI=1S/C27H26N8/c1-17(22-8-4-6-18-5-2-3-7-23(18)22)32-25-11-19(9-10-28-25)24-13-26-30-16-31-35(26)27(33-24)34-15-20-12-21(34)14-29-20/h2-11,13,16-17,20-21,29H,12,14-15H2,1H3,(H,28,32)/t17-,20-,21-/m0/s1. The molecule has 5 heterocycles. The van der Waals surface area contributed by atoms with Crippen LogP contribution in [0.4, 0.5) is 11.8 Å². The lowest BCUT2D eigenvalue weighted by Crippen LogP contribution is -2.44. The molecular weight excluding hydrogens is 436 g/mol. The van der Waals surface area contributed by atoms with Gasteiger partial charge in [0, 0.05) is 43.0 Å². The van der Waals surface area contributed by atoms with Crippen molar-refractivity contribution in [2.75, 3.05) is 23.3 Å². The fraction of sp³-hybridized carbons (Fsp3) is 0.259. The lowest BCUT2D eigenvalue weighted by atomic mass is 9.99. The molecule has 0 saturated carbocycles. The highest BCUT2D eigenvalue weighted by molar-refractivity contribution is 5.86. The monoisotopic (exact) mass is 462 g/mol. The molecule has 3 atom stereocenters. The van der Waals surface area contributed by atoms with Crippen molar-refractivity contribution in [3.8, 4) is 11.3 Å². The third kappa shape index (κ3) is 3.49. The van der Waals surface area contributed by atoms with E-state index in [0.717, 1.165) is 48.2 Å². The Morgan fingerprint density at radius 2 is 1.97 bits per heavy atom. The zero-order valence-electron chi connectivity index (χ0n) is 19.5. The van der Waals surface area contributed by atoms with Crippen LogP contribution in [0, 0.1) is 0 Å². The summed E-state index contributed by atoms with van der Waals surface area (Å²) in [6, 6.07) is 22.1. The highest BCUT2D eigenvalue weighted by atomic mass is 15.4. The Hall–Kier alpha value is -4.04. The van der Waals surface area contributed by atoms with Crippen LogP contribution in [0.5, 0.6) is 0 Å². The molecule has 0 spiro atoms. The molecule has 8 nitrogen and oxygen atoms in total. The van der Waals surface area contributed by atoms with E-state index >= 15 is 0 Å². The Kier molecular flexibility index (Phi) is 4.66. The first-order valence-electron chi connectivity index (χ1n) is 12.1. The minimum absolute atomic E-state index is 0.0963. The number of piperazine rings is 1. The maximum Gasteiger partial charge on any atom is 0.229 e. The number of nitrogens with one attached hydrogen (secondary N) is 2. The second-order valence-electron chi connectivity index (χ2n) is 9.48. The molecule has 3 aromatic heterocycles. The fourth-order valence-corrected chi connectivity index (χ4v) is 5.55. The Balaban J connectivity index is 1.23. The highest BCUT2D eigenvalue weighted by Gasteiger charge is 2.39. The fourth-order valence-electron chi connectivity index (χ4n) is 5.55. The van der Waals surface area contributed by atoms with Crippen LogP contribution in [0.1, 0.15) is 24.9 Å². The average molecular weight is 463 g/mol. The Bertz CT molecular complexity index is 1540. The van der Waals surface area contributed by atoms with Gasteiger partial charge in [0.25, 0.3) is 0 Å². The van der Waals surface area contributed by atoms with Gasteiger partial charge in [-0.2, -0.15) is 9.61 Å². The van der Waals surface area contributed by atoms with Crippen molar-refractivity contribution in [2.45, 2.75) is 31.5 Å². The lowest BCUT2D eigenvalue weighted by Gasteiger charge is -2.28. The molecule has 8 heteroatoms. The van der Waals surface area contributed by atoms with Gasteiger partial charge in [-0.1, -0.05) is 42.5 Å². The quantitative estimate of drug-likeness (QED) is 0.407. The summed E-state index contributed by atoms with van der Waals surface area (Å²) >= 11 is 0. The molecule has 2 aromatic carbocycles. The van der Waals surface area contributed by atoms with Gasteiger partial charge < -0.3 is 15.5 Å². The first-order valence-corrected chi connectivity index (χ1v) is 12.1.